The van der Waals surface area contributed by atoms with Crippen LogP contribution in [0.2, 0.25) is 5.02 Å². The van der Waals surface area contributed by atoms with Crippen LogP contribution in [0, 0.1) is 0 Å². The lowest BCUT2D eigenvalue weighted by Crippen LogP contribution is -2.34. The minimum Gasteiger partial charge on any atom is -0.422 e. The second-order valence-corrected chi connectivity index (χ2v) is 9.63. The van der Waals surface area contributed by atoms with Gasteiger partial charge in [0.25, 0.3) is 5.91 Å². The first-order chi connectivity index (χ1) is 15.7. The van der Waals surface area contributed by atoms with Gasteiger partial charge in [-0.15, -0.1) is 0 Å². The fourth-order valence-electron chi connectivity index (χ4n) is 2.51. The summed E-state index contributed by atoms with van der Waals surface area (Å²) in [4.78, 5) is 24.4. The lowest BCUT2D eigenvalue weighted by Gasteiger charge is -2.08. The molecular weight excluding hydrogens is 534 g/mol. The number of hydrogen-bond acceptors (Lipinski definition) is 6. The van der Waals surface area contributed by atoms with Crippen LogP contribution in [-0.2, 0) is 14.8 Å². The number of nitrogens with one attached hydrogen (secondary N) is 2. The van der Waals surface area contributed by atoms with Crippen molar-refractivity contribution in [2.75, 3.05) is 6.54 Å². The number of amides is 1. The number of sulfonamides is 1. The molecule has 3 aromatic rings. The van der Waals surface area contributed by atoms with Crippen LogP contribution in [0.15, 0.2) is 87.3 Å². The molecule has 0 aliphatic heterocycles. The van der Waals surface area contributed by atoms with E-state index < -0.39 is 28.4 Å². The van der Waals surface area contributed by atoms with Gasteiger partial charge in [-0.3, -0.25) is 4.79 Å². The van der Waals surface area contributed by atoms with Crippen LogP contribution in [0.25, 0.3) is 0 Å². The maximum Gasteiger partial charge on any atom is 0.343 e. The molecule has 0 fully saturated rings. The van der Waals surface area contributed by atoms with Gasteiger partial charge < -0.3 is 4.74 Å². The molecule has 1 amide bonds. The Balaban J connectivity index is 1.62. The zero-order valence-corrected chi connectivity index (χ0v) is 20.0. The lowest BCUT2D eigenvalue weighted by molar-refractivity contribution is -0.119. The molecule has 3 aromatic carbocycles. The Labute approximate surface area is 203 Å². The summed E-state index contributed by atoms with van der Waals surface area (Å²) in [6.07, 6.45) is 1.28. The summed E-state index contributed by atoms with van der Waals surface area (Å²) in [5.41, 5.74) is 2.94. The number of halogens is 2. The second kappa shape index (κ2) is 11.2. The molecule has 8 nitrogen and oxygen atoms in total. The largest absolute Gasteiger partial charge is 0.422 e. The summed E-state index contributed by atoms with van der Waals surface area (Å²) < 4.78 is 32.6. The van der Waals surface area contributed by atoms with Crippen molar-refractivity contribution >= 4 is 55.6 Å². The molecule has 0 saturated heterocycles. The van der Waals surface area contributed by atoms with E-state index in [1.807, 2.05) is 0 Å². The normalized spacial score (nSPS) is 11.3. The summed E-state index contributed by atoms with van der Waals surface area (Å²) in [6.45, 7) is -0.508. The molecule has 170 valence electrons. The van der Waals surface area contributed by atoms with Crippen molar-refractivity contribution < 1.29 is 22.7 Å². The van der Waals surface area contributed by atoms with Gasteiger partial charge in [0.2, 0.25) is 10.0 Å². The quantitative estimate of drug-likeness (QED) is 0.192. The number of esters is 1. The van der Waals surface area contributed by atoms with E-state index in [9.17, 15) is 18.0 Å². The highest BCUT2D eigenvalue weighted by molar-refractivity contribution is 9.10. The summed E-state index contributed by atoms with van der Waals surface area (Å²) >= 11 is 9.16. The van der Waals surface area contributed by atoms with Gasteiger partial charge in [-0.1, -0.05) is 45.7 Å². The molecule has 11 heteroatoms. The van der Waals surface area contributed by atoms with E-state index in [1.54, 1.807) is 48.5 Å². The van der Waals surface area contributed by atoms with Crippen molar-refractivity contribution in [3.8, 4) is 5.75 Å². The topological polar surface area (TPSA) is 114 Å². The molecule has 0 spiro atoms. The Bertz CT molecular complexity index is 1280. The van der Waals surface area contributed by atoms with Crippen LogP contribution in [0.4, 0.5) is 0 Å². The number of benzene rings is 3. The fraction of sp³-hybridized carbons (Fsp3) is 0.0455. The average Bonchev–Trinajstić information content (AvgIpc) is 2.80. The van der Waals surface area contributed by atoms with Gasteiger partial charge in [-0.25, -0.2) is 23.4 Å². The molecule has 0 atom stereocenters. The zero-order chi connectivity index (χ0) is 23.8. The molecule has 0 saturated carbocycles. The van der Waals surface area contributed by atoms with Crippen LogP contribution >= 0.6 is 27.5 Å². The molecule has 0 aliphatic carbocycles. The number of hydrogen-bond donors (Lipinski definition) is 2. The third kappa shape index (κ3) is 7.22. The van der Waals surface area contributed by atoms with Crippen LogP contribution in [0.3, 0.4) is 0 Å². The third-order valence-electron chi connectivity index (χ3n) is 4.12. The highest BCUT2D eigenvalue weighted by Gasteiger charge is 2.15. The predicted molar refractivity (Wildman–Crippen MR) is 128 cm³/mol. The minimum atomic E-state index is -3.82. The van der Waals surface area contributed by atoms with E-state index in [0.717, 1.165) is 0 Å². The van der Waals surface area contributed by atoms with E-state index in [2.05, 4.69) is 31.2 Å². The Morgan fingerprint density at radius 3 is 2.42 bits per heavy atom. The van der Waals surface area contributed by atoms with Gasteiger partial charge in [0, 0.05) is 15.1 Å². The maximum atomic E-state index is 12.4. The van der Waals surface area contributed by atoms with E-state index in [0.29, 0.717) is 20.6 Å². The molecule has 0 bridgehead atoms. The summed E-state index contributed by atoms with van der Waals surface area (Å²) in [5.74, 6) is -1.07. The minimum absolute atomic E-state index is 0.0441. The molecular formula is C22H17BrClN3O5S. The first kappa shape index (κ1) is 24.6. The molecule has 0 heterocycles. The number of nitrogens with zero attached hydrogens (tertiary/aromatic N) is 1. The lowest BCUT2D eigenvalue weighted by atomic mass is 10.2. The van der Waals surface area contributed by atoms with E-state index in [4.69, 9.17) is 16.3 Å². The van der Waals surface area contributed by atoms with Gasteiger partial charge in [-0.05, 0) is 54.6 Å². The van der Waals surface area contributed by atoms with Crippen LogP contribution in [0.5, 0.6) is 5.75 Å². The number of carbonyl (C=O) groups is 2. The smallest absolute Gasteiger partial charge is 0.343 e. The van der Waals surface area contributed by atoms with Gasteiger partial charge in [0.05, 0.1) is 23.2 Å². The van der Waals surface area contributed by atoms with Gasteiger partial charge in [0.15, 0.2) is 0 Å². The number of rotatable bonds is 8. The monoisotopic (exact) mass is 549 g/mol. The van der Waals surface area contributed by atoms with Gasteiger partial charge in [-0.2, -0.15) is 5.10 Å². The maximum absolute atomic E-state index is 12.4. The Kier molecular flexibility index (Phi) is 8.34. The highest BCUT2D eigenvalue weighted by atomic mass is 79.9. The Hall–Kier alpha value is -3.05. The predicted octanol–water partition coefficient (Wildman–Crippen LogP) is 3.75. The van der Waals surface area contributed by atoms with Crippen LogP contribution < -0.4 is 14.9 Å². The third-order valence-corrected chi connectivity index (χ3v) is 6.29. The SMILES string of the molecule is O=C(CNS(=O)(=O)c1ccccc1)N/N=C\c1cc(Br)ccc1OC(=O)c1ccc(Cl)cc1. The van der Waals surface area contributed by atoms with Crippen molar-refractivity contribution in [3.05, 3.63) is 93.4 Å². The summed E-state index contributed by atoms with van der Waals surface area (Å²) in [5, 5.41) is 4.31. The number of ether oxygens (including phenoxy) is 1. The van der Waals surface area contributed by atoms with E-state index >= 15 is 0 Å². The van der Waals surface area contributed by atoms with Gasteiger partial charge >= 0.3 is 5.97 Å². The zero-order valence-electron chi connectivity index (χ0n) is 16.9. The standard InChI is InChI=1S/C22H17BrClN3O5S/c23-17-8-11-20(32-22(29)15-6-9-18(24)10-7-15)16(12-17)13-25-27-21(28)14-26-33(30,31)19-4-2-1-3-5-19/h1-13,26H,14H2,(H,27,28)/b25-13-. The number of carbonyl (C=O) groups excluding carboxylic acids is 2. The summed E-state index contributed by atoms with van der Waals surface area (Å²) in [7, 11) is -3.82. The molecule has 0 unspecified atom stereocenters. The molecule has 0 radical (unpaired) electrons. The average molecular weight is 551 g/mol. The van der Waals surface area contributed by atoms with Crippen LogP contribution in [0.1, 0.15) is 15.9 Å². The van der Waals surface area contributed by atoms with E-state index in [1.165, 1.54) is 30.5 Å². The van der Waals surface area contributed by atoms with E-state index in [-0.39, 0.29) is 10.6 Å². The summed E-state index contributed by atoms with van der Waals surface area (Å²) in [6, 6.07) is 18.8. The second-order valence-electron chi connectivity index (χ2n) is 6.51. The molecule has 0 aliphatic rings. The molecule has 33 heavy (non-hydrogen) atoms. The van der Waals surface area contributed by atoms with Crippen molar-refractivity contribution in [1.82, 2.24) is 10.1 Å². The van der Waals surface area contributed by atoms with Crippen molar-refractivity contribution in [3.63, 3.8) is 0 Å². The Morgan fingerprint density at radius 2 is 1.73 bits per heavy atom. The van der Waals surface area contributed by atoms with Crippen molar-refractivity contribution in [1.29, 1.82) is 0 Å². The molecule has 3 rings (SSSR count). The molecule has 0 aromatic heterocycles. The fourth-order valence-corrected chi connectivity index (χ4v) is 4.02. The first-order valence-electron chi connectivity index (χ1n) is 9.38. The number of hydrazone groups is 1. The van der Waals surface area contributed by atoms with Crippen molar-refractivity contribution in [2.45, 2.75) is 4.90 Å². The van der Waals surface area contributed by atoms with Crippen molar-refractivity contribution in [2.24, 2.45) is 5.10 Å². The Morgan fingerprint density at radius 1 is 1.03 bits per heavy atom. The van der Waals surface area contributed by atoms with Crippen LogP contribution in [-0.4, -0.2) is 33.1 Å². The van der Waals surface area contributed by atoms with Gasteiger partial charge in [0.1, 0.15) is 5.75 Å². The highest BCUT2D eigenvalue weighted by Crippen LogP contribution is 2.23. The molecule has 2 N–H and O–H groups in total. The first-order valence-corrected chi connectivity index (χ1v) is 12.0.